The number of piperidine rings is 1. The summed E-state index contributed by atoms with van der Waals surface area (Å²) in [4.78, 5) is 18.9. The number of nitrogens with zero attached hydrogens (tertiary/aromatic N) is 2. The summed E-state index contributed by atoms with van der Waals surface area (Å²) >= 11 is 0. The van der Waals surface area contributed by atoms with Crippen molar-refractivity contribution in [3.63, 3.8) is 0 Å². The number of pyridine rings is 1. The van der Waals surface area contributed by atoms with E-state index < -0.39 is 0 Å². The molecule has 1 aromatic heterocycles. The maximum atomic E-state index is 12.1. The summed E-state index contributed by atoms with van der Waals surface area (Å²) < 4.78 is 0. The first-order valence-corrected chi connectivity index (χ1v) is 7.95. The minimum Gasteiger partial charge on any atom is -0.357 e. The highest BCUT2D eigenvalue weighted by Crippen LogP contribution is 2.21. The third-order valence-electron chi connectivity index (χ3n) is 4.51. The van der Waals surface area contributed by atoms with Gasteiger partial charge in [0.1, 0.15) is 5.82 Å². The molecule has 1 unspecified atom stereocenters. The summed E-state index contributed by atoms with van der Waals surface area (Å²) in [7, 11) is 0. The maximum absolute atomic E-state index is 12.1. The molecule has 0 spiro atoms. The van der Waals surface area contributed by atoms with Crippen molar-refractivity contribution in [2.24, 2.45) is 5.92 Å². The zero-order valence-electron chi connectivity index (χ0n) is 12.6. The van der Waals surface area contributed by atoms with E-state index in [1.807, 2.05) is 12.1 Å². The van der Waals surface area contributed by atoms with Crippen LogP contribution < -0.4 is 15.5 Å². The van der Waals surface area contributed by atoms with Crippen LogP contribution in [0.3, 0.4) is 0 Å². The predicted molar refractivity (Wildman–Crippen MR) is 83.6 cm³/mol. The van der Waals surface area contributed by atoms with E-state index in [9.17, 15) is 4.79 Å². The first-order valence-electron chi connectivity index (χ1n) is 7.95. The lowest BCUT2D eigenvalue weighted by Crippen LogP contribution is -2.36. The lowest BCUT2D eigenvalue weighted by Gasteiger charge is -2.31. The van der Waals surface area contributed by atoms with Gasteiger partial charge in [-0.1, -0.05) is 6.92 Å². The molecule has 114 valence electrons. The number of hydrogen-bond donors (Lipinski definition) is 2. The monoisotopic (exact) mass is 288 g/mol. The van der Waals surface area contributed by atoms with Crippen LogP contribution >= 0.6 is 0 Å². The van der Waals surface area contributed by atoms with Gasteiger partial charge in [0.15, 0.2) is 0 Å². The van der Waals surface area contributed by atoms with E-state index in [0.29, 0.717) is 5.56 Å². The SMILES string of the molecule is CC1CCN(c2ccc(C(=O)NC3CCNC3)cn2)CC1. The van der Waals surface area contributed by atoms with Gasteiger partial charge in [-0.3, -0.25) is 4.79 Å². The van der Waals surface area contributed by atoms with Gasteiger partial charge in [0, 0.05) is 31.9 Å². The second-order valence-corrected chi connectivity index (χ2v) is 6.24. The van der Waals surface area contributed by atoms with Crippen LogP contribution in [0, 0.1) is 5.92 Å². The number of hydrogen-bond acceptors (Lipinski definition) is 4. The Bertz CT molecular complexity index is 474. The summed E-state index contributed by atoms with van der Waals surface area (Å²) in [6.07, 6.45) is 5.14. The Morgan fingerprint density at radius 3 is 2.76 bits per heavy atom. The highest BCUT2D eigenvalue weighted by atomic mass is 16.1. The Balaban J connectivity index is 1.59. The lowest BCUT2D eigenvalue weighted by molar-refractivity contribution is 0.0939. The van der Waals surface area contributed by atoms with Crippen LogP contribution in [0.5, 0.6) is 0 Å². The van der Waals surface area contributed by atoms with E-state index in [0.717, 1.165) is 44.3 Å². The summed E-state index contributed by atoms with van der Waals surface area (Å²) in [5, 5.41) is 6.29. The number of anilines is 1. The zero-order chi connectivity index (χ0) is 14.7. The molecule has 0 aromatic carbocycles. The van der Waals surface area contributed by atoms with Crippen molar-refractivity contribution in [3.8, 4) is 0 Å². The van der Waals surface area contributed by atoms with E-state index in [-0.39, 0.29) is 11.9 Å². The molecule has 1 amide bonds. The third-order valence-corrected chi connectivity index (χ3v) is 4.51. The van der Waals surface area contributed by atoms with Crippen LogP contribution in [0.1, 0.15) is 36.5 Å². The fraction of sp³-hybridized carbons (Fsp3) is 0.625. The minimum atomic E-state index is -0.0185. The number of amides is 1. The van der Waals surface area contributed by atoms with E-state index in [1.54, 1.807) is 6.20 Å². The topological polar surface area (TPSA) is 57.3 Å². The van der Waals surface area contributed by atoms with Crippen molar-refractivity contribution < 1.29 is 4.79 Å². The van der Waals surface area contributed by atoms with Gasteiger partial charge in [-0.05, 0) is 43.9 Å². The Labute approximate surface area is 126 Å². The first kappa shape index (κ1) is 14.3. The quantitative estimate of drug-likeness (QED) is 0.883. The molecule has 2 aliphatic heterocycles. The molecule has 5 heteroatoms. The fourth-order valence-corrected chi connectivity index (χ4v) is 2.99. The molecule has 0 saturated carbocycles. The smallest absolute Gasteiger partial charge is 0.253 e. The molecule has 2 saturated heterocycles. The van der Waals surface area contributed by atoms with Crippen LogP contribution in [0.15, 0.2) is 18.3 Å². The largest absolute Gasteiger partial charge is 0.357 e. The second-order valence-electron chi connectivity index (χ2n) is 6.24. The van der Waals surface area contributed by atoms with E-state index in [4.69, 9.17) is 0 Å². The van der Waals surface area contributed by atoms with Gasteiger partial charge in [-0.15, -0.1) is 0 Å². The molecule has 2 fully saturated rings. The van der Waals surface area contributed by atoms with Gasteiger partial charge < -0.3 is 15.5 Å². The fourth-order valence-electron chi connectivity index (χ4n) is 2.99. The Hall–Kier alpha value is -1.62. The van der Waals surface area contributed by atoms with Gasteiger partial charge in [0.05, 0.1) is 5.56 Å². The summed E-state index contributed by atoms with van der Waals surface area (Å²) in [6, 6.07) is 4.11. The van der Waals surface area contributed by atoms with Crippen LogP contribution in [0.25, 0.3) is 0 Å². The molecule has 1 atom stereocenters. The molecule has 0 radical (unpaired) electrons. The van der Waals surface area contributed by atoms with Crippen molar-refractivity contribution in [2.75, 3.05) is 31.1 Å². The van der Waals surface area contributed by atoms with Gasteiger partial charge in [0.2, 0.25) is 0 Å². The standard InChI is InChI=1S/C16H24N4O/c1-12-5-8-20(9-6-12)15-3-2-13(10-18-15)16(21)19-14-4-7-17-11-14/h2-3,10,12,14,17H,4-9,11H2,1H3,(H,19,21). The summed E-state index contributed by atoms with van der Waals surface area (Å²) in [5.41, 5.74) is 0.649. The average molecular weight is 288 g/mol. The first-order chi connectivity index (χ1) is 10.2. The predicted octanol–water partition coefficient (Wildman–Crippen LogP) is 1.41. The van der Waals surface area contributed by atoms with Gasteiger partial charge >= 0.3 is 0 Å². The van der Waals surface area contributed by atoms with Crippen molar-refractivity contribution in [2.45, 2.75) is 32.2 Å². The van der Waals surface area contributed by atoms with E-state index in [1.165, 1.54) is 12.8 Å². The molecule has 0 bridgehead atoms. The zero-order valence-corrected chi connectivity index (χ0v) is 12.6. The van der Waals surface area contributed by atoms with E-state index >= 15 is 0 Å². The van der Waals surface area contributed by atoms with Crippen LogP contribution in [0.4, 0.5) is 5.82 Å². The average Bonchev–Trinajstić information content (AvgIpc) is 3.01. The lowest BCUT2D eigenvalue weighted by atomic mass is 9.99. The van der Waals surface area contributed by atoms with Crippen LogP contribution in [-0.2, 0) is 0 Å². The molecule has 1 aromatic rings. The Morgan fingerprint density at radius 1 is 1.33 bits per heavy atom. The molecule has 2 N–H and O–H groups in total. The molecule has 0 aliphatic carbocycles. The number of carbonyl (C=O) groups is 1. The highest BCUT2D eigenvalue weighted by Gasteiger charge is 2.19. The summed E-state index contributed by atoms with van der Waals surface area (Å²) in [5.74, 6) is 1.78. The third kappa shape index (κ3) is 3.53. The van der Waals surface area contributed by atoms with Crippen molar-refractivity contribution >= 4 is 11.7 Å². The molecule has 5 nitrogen and oxygen atoms in total. The van der Waals surface area contributed by atoms with Crippen molar-refractivity contribution in [1.29, 1.82) is 0 Å². The second kappa shape index (κ2) is 6.43. The number of carbonyl (C=O) groups excluding carboxylic acids is 1. The molecule has 3 heterocycles. The molecule has 21 heavy (non-hydrogen) atoms. The molecular formula is C16H24N4O. The molecule has 2 aliphatic rings. The van der Waals surface area contributed by atoms with Crippen molar-refractivity contribution in [3.05, 3.63) is 23.9 Å². The van der Waals surface area contributed by atoms with Gasteiger partial charge in [-0.2, -0.15) is 0 Å². The molecule has 3 rings (SSSR count). The van der Waals surface area contributed by atoms with Crippen LogP contribution in [0.2, 0.25) is 0 Å². The Morgan fingerprint density at radius 2 is 2.14 bits per heavy atom. The van der Waals surface area contributed by atoms with Gasteiger partial charge in [0.25, 0.3) is 5.91 Å². The highest BCUT2D eigenvalue weighted by molar-refractivity contribution is 5.94. The van der Waals surface area contributed by atoms with Crippen LogP contribution in [-0.4, -0.2) is 43.1 Å². The number of nitrogens with one attached hydrogen (secondary N) is 2. The van der Waals surface area contributed by atoms with Crippen molar-refractivity contribution in [1.82, 2.24) is 15.6 Å². The van der Waals surface area contributed by atoms with Gasteiger partial charge in [-0.25, -0.2) is 4.98 Å². The molecular weight excluding hydrogens is 264 g/mol. The maximum Gasteiger partial charge on any atom is 0.253 e. The van der Waals surface area contributed by atoms with E-state index in [2.05, 4.69) is 27.4 Å². The summed E-state index contributed by atoms with van der Waals surface area (Å²) in [6.45, 7) is 6.27. The number of rotatable bonds is 3. The Kier molecular flexibility index (Phi) is 4.39. The normalized spacial score (nSPS) is 23.3. The minimum absolute atomic E-state index is 0.0185. The number of aromatic nitrogens is 1.